The number of aliphatic carboxylic acids is 2. The highest BCUT2D eigenvalue weighted by atomic mass is 19.4. The molecule has 2 rings (SSSR count). The van der Waals surface area contributed by atoms with Gasteiger partial charge in [-0.2, -0.15) is 13.2 Å². The molecule has 0 bridgehead atoms. The fourth-order valence-corrected chi connectivity index (χ4v) is 2.33. The van der Waals surface area contributed by atoms with E-state index >= 15 is 0 Å². The average molecular weight is 458 g/mol. The molecule has 0 radical (unpaired) electrons. The molecular weight excluding hydrogens is 437 g/mol. The molecule has 0 aliphatic heterocycles. The third-order valence-corrected chi connectivity index (χ3v) is 3.96. The van der Waals surface area contributed by atoms with Gasteiger partial charge in [0.25, 0.3) is 0 Å². The third-order valence-electron chi connectivity index (χ3n) is 3.96. The molecule has 0 aromatic heterocycles. The SMILES string of the molecule is N[C@@H](Cc1ccc(O)cc1)C(=O)N[C@@H](Cc1ccc(O)cc1)C(=O)O.O=C(O)C(F)(F)F. The van der Waals surface area contributed by atoms with Crippen LogP contribution < -0.4 is 11.1 Å². The number of phenolic OH excluding ortho intramolecular Hbond substituents is 2. The van der Waals surface area contributed by atoms with E-state index < -0.39 is 36.1 Å². The van der Waals surface area contributed by atoms with Gasteiger partial charge in [0.05, 0.1) is 6.04 Å². The quantitative estimate of drug-likeness (QED) is 0.362. The van der Waals surface area contributed by atoms with Gasteiger partial charge in [-0.3, -0.25) is 4.79 Å². The summed E-state index contributed by atoms with van der Waals surface area (Å²) in [6.07, 6.45) is -4.79. The van der Waals surface area contributed by atoms with Crippen LogP contribution >= 0.6 is 0 Å². The number of carboxylic acids is 2. The van der Waals surface area contributed by atoms with Gasteiger partial charge in [-0.15, -0.1) is 0 Å². The number of halogens is 3. The van der Waals surface area contributed by atoms with Crippen LogP contribution in [0.1, 0.15) is 11.1 Å². The van der Waals surface area contributed by atoms with Gasteiger partial charge in [0.15, 0.2) is 0 Å². The molecular formula is C20H21F3N2O7. The van der Waals surface area contributed by atoms with Crippen LogP contribution in [0.2, 0.25) is 0 Å². The molecule has 9 nitrogen and oxygen atoms in total. The number of amides is 1. The van der Waals surface area contributed by atoms with Crippen molar-refractivity contribution in [2.75, 3.05) is 0 Å². The van der Waals surface area contributed by atoms with Crippen molar-refractivity contribution in [3.05, 3.63) is 59.7 Å². The lowest BCUT2D eigenvalue weighted by Gasteiger charge is -2.18. The summed E-state index contributed by atoms with van der Waals surface area (Å²) in [6, 6.07) is 10.3. The lowest BCUT2D eigenvalue weighted by molar-refractivity contribution is -0.192. The van der Waals surface area contributed by atoms with Gasteiger partial charge in [0.2, 0.25) is 5.91 Å². The normalized spacial score (nSPS) is 12.6. The van der Waals surface area contributed by atoms with Crippen LogP contribution in [0.15, 0.2) is 48.5 Å². The first-order valence-electron chi connectivity index (χ1n) is 8.94. The van der Waals surface area contributed by atoms with E-state index in [9.17, 15) is 38.1 Å². The van der Waals surface area contributed by atoms with E-state index in [1.54, 1.807) is 24.3 Å². The van der Waals surface area contributed by atoms with Crippen molar-refractivity contribution >= 4 is 17.8 Å². The van der Waals surface area contributed by atoms with E-state index in [4.69, 9.17) is 15.6 Å². The number of carbonyl (C=O) groups excluding carboxylic acids is 1. The third kappa shape index (κ3) is 9.34. The zero-order valence-corrected chi connectivity index (χ0v) is 16.4. The van der Waals surface area contributed by atoms with E-state index in [2.05, 4.69) is 5.32 Å². The molecule has 0 aliphatic rings. The second-order valence-corrected chi connectivity index (χ2v) is 6.55. The number of nitrogens with two attached hydrogens (primary N) is 1. The summed E-state index contributed by atoms with van der Waals surface area (Å²) in [4.78, 5) is 32.5. The van der Waals surface area contributed by atoms with Gasteiger partial charge in [-0.05, 0) is 41.8 Å². The van der Waals surface area contributed by atoms with Gasteiger partial charge in [-0.1, -0.05) is 24.3 Å². The predicted molar refractivity (Wildman–Crippen MR) is 105 cm³/mol. The molecule has 2 aromatic rings. The first-order valence-corrected chi connectivity index (χ1v) is 8.94. The van der Waals surface area contributed by atoms with Crippen molar-refractivity contribution in [1.29, 1.82) is 0 Å². The Morgan fingerprint density at radius 1 is 0.844 bits per heavy atom. The number of carboxylic acid groups (broad SMARTS) is 2. The lowest BCUT2D eigenvalue weighted by Crippen LogP contribution is -2.50. The summed E-state index contributed by atoms with van der Waals surface area (Å²) >= 11 is 0. The minimum atomic E-state index is -5.08. The van der Waals surface area contributed by atoms with Crippen LogP contribution in [-0.4, -0.2) is 56.5 Å². The summed E-state index contributed by atoms with van der Waals surface area (Å²) in [7, 11) is 0. The summed E-state index contributed by atoms with van der Waals surface area (Å²) in [6.45, 7) is 0. The highest BCUT2D eigenvalue weighted by Gasteiger charge is 2.38. The number of benzene rings is 2. The van der Waals surface area contributed by atoms with Crippen molar-refractivity contribution < 1.29 is 48.0 Å². The summed E-state index contributed by atoms with van der Waals surface area (Å²) < 4.78 is 31.7. The molecule has 0 saturated carbocycles. The fraction of sp³-hybridized carbons (Fsp3) is 0.250. The maximum atomic E-state index is 12.2. The molecule has 32 heavy (non-hydrogen) atoms. The minimum absolute atomic E-state index is 0.0767. The number of hydrogen-bond acceptors (Lipinski definition) is 6. The Morgan fingerprint density at radius 2 is 1.22 bits per heavy atom. The number of alkyl halides is 3. The number of aromatic hydroxyl groups is 2. The van der Waals surface area contributed by atoms with Crippen molar-refractivity contribution in [2.24, 2.45) is 5.73 Å². The molecule has 2 atom stereocenters. The second-order valence-electron chi connectivity index (χ2n) is 6.55. The molecule has 12 heteroatoms. The maximum Gasteiger partial charge on any atom is 0.490 e. The van der Waals surface area contributed by atoms with Gasteiger partial charge in [-0.25, -0.2) is 9.59 Å². The Hall–Kier alpha value is -3.80. The number of nitrogens with one attached hydrogen (secondary N) is 1. The van der Waals surface area contributed by atoms with E-state index in [1.165, 1.54) is 24.3 Å². The van der Waals surface area contributed by atoms with E-state index in [1.807, 2.05) is 0 Å². The molecule has 7 N–H and O–H groups in total. The van der Waals surface area contributed by atoms with Crippen molar-refractivity contribution in [3.63, 3.8) is 0 Å². The van der Waals surface area contributed by atoms with Gasteiger partial charge in [0.1, 0.15) is 17.5 Å². The predicted octanol–water partition coefficient (Wildman–Crippen LogP) is 1.41. The van der Waals surface area contributed by atoms with Crippen molar-refractivity contribution in [1.82, 2.24) is 5.32 Å². The van der Waals surface area contributed by atoms with Crippen LogP contribution in [0, 0.1) is 0 Å². The number of rotatable bonds is 7. The lowest BCUT2D eigenvalue weighted by atomic mass is 10.0. The van der Waals surface area contributed by atoms with E-state index in [0.717, 1.165) is 5.56 Å². The molecule has 0 aliphatic carbocycles. The molecule has 174 valence electrons. The maximum absolute atomic E-state index is 12.2. The number of hydrogen-bond donors (Lipinski definition) is 6. The van der Waals surface area contributed by atoms with Gasteiger partial charge < -0.3 is 31.5 Å². The smallest absolute Gasteiger partial charge is 0.490 e. The van der Waals surface area contributed by atoms with Crippen LogP contribution in [0.5, 0.6) is 11.5 Å². The molecule has 2 aromatic carbocycles. The number of carbonyl (C=O) groups is 3. The first-order chi connectivity index (χ1) is 14.8. The molecule has 0 heterocycles. The Morgan fingerprint density at radius 3 is 1.56 bits per heavy atom. The zero-order chi connectivity index (χ0) is 24.5. The fourth-order valence-electron chi connectivity index (χ4n) is 2.33. The Labute approximate surface area is 179 Å². The summed E-state index contributed by atoms with van der Waals surface area (Å²) in [5, 5.41) is 37.4. The Bertz CT molecular complexity index is 916. The van der Waals surface area contributed by atoms with Crippen LogP contribution in [0.4, 0.5) is 13.2 Å². The first kappa shape index (κ1) is 26.2. The highest BCUT2D eigenvalue weighted by Crippen LogP contribution is 2.14. The molecule has 0 spiro atoms. The number of phenols is 2. The molecule has 0 unspecified atom stereocenters. The Kier molecular flexibility index (Phi) is 9.47. The van der Waals surface area contributed by atoms with E-state index in [0.29, 0.717) is 5.56 Å². The summed E-state index contributed by atoms with van der Waals surface area (Å²) in [5.41, 5.74) is 7.27. The molecule has 0 fully saturated rings. The van der Waals surface area contributed by atoms with Crippen molar-refractivity contribution in [2.45, 2.75) is 31.1 Å². The van der Waals surface area contributed by atoms with Crippen LogP contribution in [0.25, 0.3) is 0 Å². The summed E-state index contributed by atoms with van der Waals surface area (Å²) in [5.74, 6) is -4.30. The van der Waals surface area contributed by atoms with Crippen LogP contribution in [-0.2, 0) is 27.2 Å². The van der Waals surface area contributed by atoms with Gasteiger partial charge in [0, 0.05) is 6.42 Å². The topological polar surface area (TPSA) is 170 Å². The van der Waals surface area contributed by atoms with Gasteiger partial charge >= 0.3 is 18.1 Å². The standard InChI is InChI=1S/C18H20N2O5.C2HF3O2/c19-15(9-11-1-5-13(21)6-2-11)17(23)20-16(18(24)25)10-12-3-7-14(22)8-4-12;3-2(4,5)1(6)7/h1-8,15-16,21-22H,9-10,19H2,(H,20,23)(H,24,25);(H,6,7)/t15-,16-;/m0./s1. The largest absolute Gasteiger partial charge is 0.508 e. The zero-order valence-electron chi connectivity index (χ0n) is 16.4. The highest BCUT2D eigenvalue weighted by molar-refractivity contribution is 5.87. The van der Waals surface area contributed by atoms with E-state index in [-0.39, 0.29) is 24.3 Å². The average Bonchev–Trinajstić information content (AvgIpc) is 2.70. The molecule has 0 saturated heterocycles. The Balaban J connectivity index is 0.000000633. The second kappa shape index (κ2) is 11.6. The van der Waals surface area contributed by atoms with Crippen molar-refractivity contribution in [3.8, 4) is 11.5 Å². The minimum Gasteiger partial charge on any atom is -0.508 e. The van der Waals surface area contributed by atoms with Crippen LogP contribution in [0.3, 0.4) is 0 Å². The molecule has 1 amide bonds. The monoisotopic (exact) mass is 458 g/mol.